The van der Waals surface area contributed by atoms with Gasteiger partial charge in [0.2, 0.25) is 11.7 Å². The van der Waals surface area contributed by atoms with Gasteiger partial charge in [0.15, 0.2) is 0 Å². The molecular weight excluding hydrogens is 262 g/mol. The Morgan fingerprint density at radius 3 is 2.52 bits per heavy atom. The van der Waals surface area contributed by atoms with Gasteiger partial charge in [-0.2, -0.15) is 4.98 Å². The molecule has 0 aliphatic heterocycles. The van der Waals surface area contributed by atoms with Crippen LogP contribution in [0, 0.1) is 0 Å². The largest absolute Gasteiger partial charge is 0.339 e. The second-order valence-corrected chi connectivity index (χ2v) is 6.29. The molecule has 3 rings (SSSR count). The van der Waals surface area contributed by atoms with E-state index in [1.54, 1.807) is 0 Å². The van der Waals surface area contributed by atoms with E-state index in [-0.39, 0.29) is 12.0 Å². The summed E-state index contributed by atoms with van der Waals surface area (Å²) >= 11 is 0. The molecule has 2 N–H and O–H groups in total. The van der Waals surface area contributed by atoms with Gasteiger partial charge in [-0.15, -0.1) is 0 Å². The highest BCUT2D eigenvalue weighted by atomic mass is 16.5. The van der Waals surface area contributed by atoms with Crippen molar-refractivity contribution in [2.75, 3.05) is 0 Å². The summed E-state index contributed by atoms with van der Waals surface area (Å²) in [5.74, 6) is 2.11. The highest BCUT2D eigenvalue weighted by Crippen LogP contribution is 2.32. The predicted molar refractivity (Wildman–Crippen MR) is 83.0 cm³/mol. The minimum atomic E-state index is 0.148. The Morgan fingerprint density at radius 1 is 1.14 bits per heavy atom. The zero-order chi connectivity index (χ0) is 14.8. The number of hydrogen-bond donors (Lipinski definition) is 1. The lowest BCUT2D eigenvalue weighted by molar-refractivity contribution is 0.290. The number of rotatable bonds is 3. The molecular formula is C17H23N3O. The van der Waals surface area contributed by atoms with Crippen molar-refractivity contribution >= 4 is 0 Å². The zero-order valence-corrected chi connectivity index (χ0v) is 12.7. The summed E-state index contributed by atoms with van der Waals surface area (Å²) in [4.78, 5) is 4.57. The fraction of sp³-hybridized carbons (Fsp3) is 0.529. The molecule has 1 aromatic heterocycles. The van der Waals surface area contributed by atoms with Gasteiger partial charge in [0.1, 0.15) is 0 Å². The van der Waals surface area contributed by atoms with Gasteiger partial charge < -0.3 is 10.3 Å². The van der Waals surface area contributed by atoms with Crippen LogP contribution in [0.4, 0.5) is 0 Å². The van der Waals surface area contributed by atoms with Crippen LogP contribution in [0.15, 0.2) is 28.8 Å². The van der Waals surface area contributed by atoms with Crippen molar-refractivity contribution in [2.45, 2.75) is 57.4 Å². The van der Waals surface area contributed by atoms with E-state index >= 15 is 0 Å². The maximum Gasteiger partial charge on any atom is 0.231 e. The predicted octanol–water partition coefficient (Wildman–Crippen LogP) is 3.84. The summed E-state index contributed by atoms with van der Waals surface area (Å²) in [5.41, 5.74) is 8.50. The highest BCUT2D eigenvalue weighted by molar-refractivity contribution is 5.54. The third-order valence-electron chi connectivity index (χ3n) is 4.41. The lowest BCUT2D eigenvalue weighted by Gasteiger charge is -2.25. The molecule has 2 aromatic rings. The van der Waals surface area contributed by atoms with E-state index in [0.717, 1.165) is 18.4 Å². The summed E-state index contributed by atoms with van der Waals surface area (Å²) in [6, 6.07) is 8.52. The number of nitrogens with two attached hydrogens (primary N) is 1. The molecule has 1 aromatic carbocycles. The summed E-state index contributed by atoms with van der Waals surface area (Å²) in [7, 11) is 0. The number of aromatic nitrogens is 2. The molecule has 1 aliphatic carbocycles. The molecule has 0 amide bonds. The summed E-state index contributed by atoms with van der Waals surface area (Å²) in [6.07, 6.45) is 4.50. The van der Waals surface area contributed by atoms with Crippen molar-refractivity contribution in [3.63, 3.8) is 0 Å². The molecule has 1 fully saturated rings. The van der Waals surface area contributed by atoms with Crippen molar-refractivity contribution in [3.8, 4) is 11.4 Å². The van der Waals surface area contributed by atoms with Crippen molar-refractivity contribution in [2.24, 2.45) is 5.73 Å². The molecule has 0 saturated heterocycles. The Bertz CT molecular complexity index is 588. The van der Waals surface area contributed by atoms with E-state index in [1.165, 1.54) is 18.4 Å². The second-order valence-electron chi connectivity index (χ2n) is 6.29. The van der Waals surface area contributed by atoms with Gasteiger partial charge in [-0.1, -0.05) is 56.1 Å². The minimum absolute atomic E-state index is 0.148. The number of nitrogens with zero attached hydrogens (tertiary/aromatic N) is 2. The number of benzene rings is 1. The van der Waals surface area contributed by atoms with E-state index in [2.05, 4.69) is 48.3 Å². The lowest BCUT2D eigenvalue weighted by Crippen LogP contribution is -2.31. The van der Waals surface area contributed by atoms with Gasteiger partial charge >= 0.3 is 0 Å². The van der Waals surface area contributed by atoms with Crippen LogP contribution < -0.4 is 5.73 Å². The van der Waals surface area contributed by atoms with Crippen LogP contribution in [-0.2, 0) is 0 Å². The third kappa shape index (κ3) is 3.00. The molecule has 4 heteroatoms. The first-order valence-corrected chi connectivity index (χ1v) is 7.84. The van der Waals surface area contributed by atoms with Gasteiger partial charge in [0.05, 0.1) is 5.92 Å². The lowest BCUT2D eigenvalue weighted by atomic mass is 9.85. The zero-order valence-electron chi connectivity index (χ0n) is 12.7. The molecule has 0 radical (unpaired) electrons. The van der Waals surface area contributed by atoms with Crippen LogP contribution in [0.25, 0.3) is 11.4 Å². The van der Waals surface area contributed by atoms with E-state index in [4.69, 9.17) is 10.3 Å². The Kier molecular flexibility index (Phi) is 4.06. The van der Waals surface area contributed by atoms with Crippen LogP contribution in [0.5, 0.6) is 0 Å². The monoisotopic (exact) mass is 285 g/mol. The summed E-state index contributed by atoms with van der Waals surface area (Å²) < 4.78 is 5.47. The smallest absolute Gasteiger partial charge is 0.231 e. The van der Waals surface area contributed by atoms with Gasteiger partial charge in [0, 0.05) is 11.6 Å². The SMILES string of the molecule is CC(C)c1ccc(-c2noc(C3CCCCC3N)n2)cc1. The van der Waals surface area contributed by atoms with Crippen LogP contribution in [-0.4, -0.2) is 16.2 Å². The van der Waals surface area contributed by atoms with Crippen LogP contribution in [0.2, 0.25) is 0 Å². The van der Waals surface area contributed by atoms with Gasteiger partial charge in [0.25, 0.3) is 0 Å². The molecule has 21 heavy (non-hydrogen) atoms. The fourth-order valence-corrected chi connectivity index (χ4v) is 2.99. The van der Waals surface area contributed by atoms with Crippen LogP contribution >= 0.6 is 0 Å². The van der Waals surface area contributed by atoms with Gasteiger partial charge in [-0.3, -0.25) is 0 Å². The Morgan fingerprint density at radius 2 is 1.86 bits per heavy atom. The van der Waals surface area contributed by atoms with Crippen molar-refractivity contribution in [1.29, 1.82) is 0 Å². The van der Waals surface area contributed by atoms with Crippen molar-refractivity contribution in [1.82, 2.24) is 10.1 Å². The summed E-state index contributed by atoms with van der Waals surface area (Å²) in [5, 5.41) is 4.13. The standard InChI is InChI=1S/C17H23N3O/c1-11(2)12-7-9-13(10-8-12)16-19-17(21-20-16)14-5-3-4-6-15(14)18/h7-11,14-15H,3-6,18H2,1-2H3. The second kappa shape index (κ2) is 5.98. The molecule has 0 spiro atoms. The molecule has 1 heterocycles. The van der Waals surface area contributed by atoms with Gasteiger partial charge in [-0.25, -0.2) is 0 Å². The van der Waals surface area contributed by atoms with Crippen LogP contribution in [0.1, 0.15) is 62.8 Å². The fourth-order valence-electron chi connectivity index (χ4n) is 2.99. The molecule has 4 nitrogen and oxygen atoms in total. The Labute approximate surface area is 125 Å². The molecule has 1 aliphatic rings. The highest BCUT2D eigenvalue weighted by Gasteiger charge is 2.28. The maximum absolute atomic E-state index is 6.18. The van der Waals surface area contributed by atoms with E-state index in [0.29, 0.717) is 17.6 Å². The average Bonchev–Trinajstić information content (AvgIpc) is 2.97. The third-order valence-corrected chi connectivity index (χ3v) is 4.41. The molecule has 1 saturated carbocycles. The van der Waals surface area contributed by atoms with Crippen molar-refractivity contribution in [3.05, 3.63) is 35.7 Å². The minimum Gasteiger partial charge on any atom is -0.339 e. The molecule has 112 valence electrons. The first-order valence-electron chi connectivity index (χ1n) is 7.84. The van der Waals surface area contributed by atoms with Crippen LogP contribution in [0.3, 0.4) is 0 Å². The first kappa shape index (κ1) is 14.3. The van der Waals surface area contributed by atoms with E-state index in [1.807, 2.05) is 0 Å². The topological polar surface area (TPSA) is 64.9 Å². The Balaban J connectivity index is 1.81. The molecule has 2 atom stereocenters. The molecule has 2 unspecified atom stereocenters. The van der Waals surface area contributed by atoms with E-state index in [9.17, 15) is 0 Å². The first-order chi connectivity index (χ1) is 10.1. The normalized spacial score (nSPS) is 22.7. The average molecular weight is 285 g/mol. The van der Waals surface area contributed by atoms with E-state index < -0.39 is 0 Å². The quantitative estimate of drug-likeness (QED) is 0.930. The molecule has 0 bridgehead atoms. The Hall–Kier alpha value is -1.68. The maximum atomic E-state index is 6.18. The van der Waals surface area contributed by atoms with Crippen molar-refractivity contribution < 1.29 is 4.52 Å². The number of hydrogen-bond acceptors (Lipinski definition) is 4. The summed E-state index contributed by atoms with van der Waals surface area (Å²) in [6.45, 7) is 4.37. The van der Waals surface area contributed by atoms with Gasteiger partial charge in [-0.05, 0) is 24.3 Å².